The second kappa shape index (κ2) is 5.60. The van der Waals surface area contributed by atoms with Gasteiger partial charge in [-0.05, 0) is 31.5 Å². The molecule has 0 spiro atoms. The van der Waals surface area contributed by atoms with Crippen molar-refractivity contribution in [3.05, 3.63) is 18.2 Å². The third kappa shape index (κ3) is 3.15. The normalized spacial score (nSPS) is 12.3. The van der Waals surface area contributed by atoms with Gasteiger partial charge in [-0.25, -0.2) is 0 Å². The van der Waals surface area contributed by atoms with Gasteiger partial charge in [0.1, 0.15) is 11.6 Å². The second-order valence-electron chi connectivity index (χ2n) is 4.40. The van der Waals surface area contributed by atoms with Crippen molar-refractivity contribution in [1.82, 2.24) is 10.3 Å². The van der Waals surface area contributed by atoms with Crippen molar-refractivity contribution in [2.75, 3.05) is 17.6 Å². The van der Waals surface area contributed by atoms with Gasteiger partial charge in [0.05, 0.1) is 0 Å². The van der Waals surface area contributed by atoms with E-state index in [0.29, 0.717) is 29.3 Å². The molecule has 1 amide bonds. The standard InChI is InChI=1S/C13H18N4O2/c1-3-6-15-12(18)8(2)16-13-17-10-7-9(14)4-5-11(10)19-13/h4-5,7-8H,3,6,14H2,1-2H3,(H,15,18)(H,16,17). The van der Waals surface area contributed by atoms with E-state index in [-0.39, 0.29) is 5.91 Å². The Morgan fingerprint density at radius 2 is 2.32 bits per heavy atom. The highest BCUT2D eigenvalue weighted by atomic mass is 16.4. The van der Waals surface area contributed by atoms with Gasteiger partial charge >= 0.3 is 0 Å². The van der Waals surface area contributed by atoms with E-state index in [1.54, 1.807) is 25.1 Å². The van der Waals surface area contributed by atoms with Crippen LogP contribution in [0.3, 0.4) is 0 Å². The molecule has 0 bridgehead atoms. The largest absolute Gasteiger partial charge is 0.424 e. The van der Waals surface area contributed by atoms with Crippen LogP contribution in [-0.2, 0) is 4.79 Å². The van der Waals surface area contributed by atoms with Crippen LogP contribution in [0, 0.1) is 0 Å². The first-order valence-electron chi connectivity index (χ1n) is 6.30. The number of hydrogen-bond acceptors (Lipinski definition) is 5. The minimum absolute atomic E-state index is 0.0800. The van der Waals surface area contributed by atoms with Gasteiger partial charge in [-0.15, -0.1) is 0 Å². The SMILES string of the molecule is CCCNC(=O)C(C)Nc1nc2cc(N)ccc2o1. The number of carbonyl (C=O) groups is 1. The third-order valence-corrected chi connectivity index (χ3v) is 2.69. The maximum absolute atomic E-state index is 11.7. The molecule has 0 saturated heterocycles. The summed E-state index contributed by atoms with van der Waals surface area (Å²) in [5.74, 6) is -0.0800. The Kier molecular flexibility index (Phi) is 3.89. The zero-order chi connectivity index (χ0) is 13.8. The van der Waals surface area contributed by atoms with E-state index in [0.717, 1.165) is 6.42 Å². The van der Waals surface area contributed by atoms with Gasteiger partial charge in [0.25, 0.3) is 6.01 Å². The summed E-state index contributed by atoms with van der Waals surface area (Å²) >= 11 is 0. The predicted molar refractivity (Wildman–Crippen MR) is 74.8 cm³/mol. The summed E-state index contributed by atoms with van der Waals surface area (Å²) < 4.78 is 5.49. The Morgan fingerprint density at radius 3 is 3.05 bits per heavy atom. The smallest absolute Gasteiger partial charge is 0.296 e. The molecule has 1 unspecified atom stereocenters. The number of amides is 1. The van der Waals surface area contributed by atoms with E-state index in [1.165, 1.54) is 0 Å². The molecular formula is C13H18N4O2. The maximum Gasteiger partial charge on any atom is 0.296 e. The Morgan fingerprint density at radius 1 is 1.53 bits per heavy atom. The molecule has 1 heterocycles. The first kappa shape index (κ1) is 13.2. The van der Waals surface area contributed by atoms with Crippen LogP contribution in [0.1, 0.15) is 20.3 Å². The number of anilines is 2. The fraction of sp³-hybridized carbons (Fsp3) is 0.385. The van der Waals surface area contributed by atoms with Crippen LogP contribution in [0.15, 0.2) is 22.6 Å². The van der Waals surface area contributed by atoms with Crippen molar-refractivity contribution in [3.63, 3.8) is 0 Å². The van der Waals surface area contributed by atoms with Crippen LogP contribution >= 0.6 is 0 Å². The van der Waals surface area contributed by atoms with E-state index in [4.69, 9.17) is 10.2 Å². The summed E-state index contributed by atoms with van der Waals surface area (Å²) in [6.07, 6.45) is 0.903. The average molecular weight is 262 g/mol. The topological polar surface area (TPSA) is 93.2 Å². The summed E-state index contributed by atoms with van der Waals surface area (Å²) in [6, 6.07) is 5.14. The fourth-order valence-corrected chi connectivity index (χ4v) is 1.66. The van der Waals surface area contributed by atoms with E-state index >= 15 is 0 Å². The van der Waals surface area contributed by atoms with Gasteiger partial charge in [-0.1, -0.05) is 6.92 Å². The lowest BCUT2D eigenvalue weighted by atomic mass is 10.3. The van der Waals surface area contributed by atoms with Crippen LogP contribution < -0.4 is 16.4 Å². The molecule has 2 rings (SSSR count). The van der Waals surface area contributed by atoms with Crippen molar-refractivity contribution in [3.8, 4) is 0 Å². The minimum Gasteiger partial charge on any atom is -0.424 e. The summed E-state index contributed by atoms with van der Waals surface area (Å²) in [6.45, 7) is 4.42. The van der Waals surface area contributed by atoms with Gasteiger partial charge in [-0.2, -0.15) is 4.98 Å². The quantitative estimate of drug-likeness (QED) is 0.714. The Hall–Kier alpha value is -2.24. The van der Waals surface area contributed by atoms with E-state index in [9.17, 15) is 4.79 Å². The molecule has 0 aliphatic heterocycles. The van der Waals surface area contributed by atoms with Crippen molar-refractivity contribution in [1.29, 1.82) is 0 Å². The first-order valence-corrected chi connectivity index (χ1v) is 6.30. The maximum atomic E-state index is 11.7. The monoisotopic (exact) mass is 262 g/mol. The number of rotatable bonds is 5. The molecule has 1 aromatic carbocycles. The van der Waals surface area contributed by atoms with Crippen molar-refractivity contribution in [2.45, 2.75) is 26.3 Å². The zero-order valence-electron chi connectivity index (χ0n) is 11.1. The van der Waals surface area contributed by atoms with Crippen LogP contribution in [0.25, 0.3) is 11.1 Å². The Labute approximate surface area is 111 Å². The van der Waals surface area contributed by atoms with Gasteiger partial charge < -0.3 is 20.8 Å². The predicted octanol–water partition coefficient (Wildman–Crippen LogP) is 1.74. The summed E-state index contributed by atoms with van der Waals surface area (Å²) in [4.78, 5) is 16.0. The number of aromatic nitrogens is 1. The van der Waals surface area contributed by atoms with Crippen molar-refractivity contribution >= 4 is 28.7 Å². The number of carbonyl (C=O) groups excluding carboxylic acids is 1. The van der Waals surface area contributed by atoms with Gasteiger partial charge in [0.2, 0.25) is 5.91 Å². The highest BCUT2D eigenvalue weighted by Gasteiger charge is 2.15. The number of nitrogen functional groups attached to an aromatic ring is 1. The molecule has 4 N–H and O–H groups in total. The van der Waals surface area contributed by atoms with Gasteiger partial charge in [-0.3, -0.25) is 4.79 Å². The molecule has 0 saturated carbocycles. The molecule has 0 aliphatic rings. The molecule has 102 valence electrons. The summed E-state index contributed by atoms with van der Waals surface area (Å²) in [7, 11) is 0. The van der Waals surface area contributed by atoms with Crippen molar-refractivity contribution < 1.29 is 9.21 Å². The van der Waals surface area contributed by atoms with Crippen LogP contribution in [0.2, 0.25) is 0 Å². The number of fused-ring (bicyclic) bond motifs is 1. The van der Waals surface area contributed by atoms with Crippen LogP contribution in [-0.4, -0.2) is 23.5 Å². The summed E-state index contributed by atoms with van der Waals surface area (Å²) in [5.41, 5.74) is 7.60. The third-order valence-electron chi connectivity index (χ3n) is 2.69. The lowest BCUT2D eigenvalue weighted by molar-refractivity contribution is -0.121. The molecule has 19 heavy (non-hydrogen) atoms. The molecule has 1 atom stereocenters. The highest BCUT2D eigenvalue weighted by Crippen LogP contribution is 2.21. The fourth-order valence-electron chi connectivity index (χ4n) is 1.66. The zero-order valence-corrected chi connectivity index (χ0v) is 11.1. The van der Waals surface area contributed by atoms with E-state index in [2.05, 4.69) is 15.6 Å². The number of nitrogens with one attached hydrogen (secondary N) is 2. The molecule has 6 heteroatoms. The molecule has 6 nitrogen and oxygen atoms in total. The number of nitrogens with two attached hydrogens (primary N) is 1. The van der Waals surface area contributed by atoms with Crippen LogP contribution in [0.4, 0.5) is 11.7 Å². The Balaban J connectivity index is 2.06. The molecular weight excluding hydrogens is 244 g/mol. The molecule has 0 radical (unpaired) electrons. The minimum atomic E-state index is -0.406. The van der Waals surface area contributed by atoms with Gasteiger partial charge in [0, 0.05) is 12.2 Å². The van der Waals surface area contributed by atoms with E-state index < -0.39 is 6.04 Å². The van der Waals surface area contributed by atoms with E-state index in [1.807, 2.05) is 6.92 Å². The number of nitrogens with zero attached hydrogens (tertiary/aromatic N) is 1. The molecule has 1 aromatic heterocycles. The van der Waals surface area contributed by atoms with Gasteiger partial charge in [0.15, 0.2) is 5.58 Å². The average Bonchev–Trinajstić information content (AvgIpc) is 2.77. The highest BCUT2D eigenvalue weighted by molar-refractivity contribution is 5.84. The molecule has 0 fully saturated rings. The summed E-state index contributed by atoms with van der Waals surface area (Å²) in [5, 5.41) is 5.73. The second-order valence-corrected chi connectivity index (χ2v) is 4.40. The number of hydrogen-bond donors (Lipinski definition) is 3. The lowest BCUT2D eigenvalue weighted by Gasteiger charge is -2.11. The molecule has 0 aliphatic carbocycles. The Bertz CT molecular complexity index is 579. The lowest BCUT2D eigenvalue weighted by Crippen LogP contribution is -2.37. The molecule has 2 aromatic rings. The first-order chi connectivity index (χ1) is 9.10. The number of oxazole rings is 1. The van der Waals surface area contributed by atoms with Crippen LogP contribution in [0.5, 0.6) is 0 Å². The van der Waals surface area contributed by atoms with Crippen molar-refractivity contribution in [2.24, 2.45) is 0 Å². The number of benzene rings is 1.